The van der Waals surface area contributed by atoms with Gasteiger partial charge in [-0.3, -0.25) is 0 Å². The summed E-state index contributed by atoms with van der Waals surface area (Å²) in [6, 6.07) is 5.16. The summed E-state index contributed by atoms with van der Waals surface area (Å²) in [7, 11) is 1.40. The van der Waals surface area contributed by atoms with Gasteiger partial charge in [0, 0.05) is 12.7 Å². The van der Waals surface area contributed by atoms with E-state index in [0.29, 0.717) is 11.4 Å². The lowest BCUT2D eigenvalue weighted by Gasteiger charge is -2.34. The molecule has 0 amide bonds. The van der Waals surface area contributed by atoms with E-state index in [1.165, 1.54) is 7.11 Å². The first-order valence-electron chi connectivity index (χ1n) is 5.97. The maximum atomic E-state index is 11.7. The highest BCUT2D eigenvalue weighted by Crippen LogP contribution is 2.24. The van der Waals surface area contributed by atoms with Crippen molar-refractivity contribution in [3.8, 4) is 6.07 Å². The minimum atomic E-state index is -0.287. The molecule has 5 nitrogen and oxygen atoms in total. The number of piperidine rings is 1. The Kier molecular flexibility index (Phi) is 3.78. The summed E-state index contributed by atoms with van der Waals surface area (Å²) in [5.41, 5.74) is 0.550. The number of nitriles is 1. The van der Waals surface area contributed by atoms with Gasteiger partial charge in [-0.15, -0.1) is 0 Å². The summed E-state index contributed by atoms with van der Waals surface area (Å²) in [6.45, 7) is 0.766. The molecular weight excluding hydrogens is 230 g/mol. The Labute approximate surface area is 106 Å². The van der Waals surface area contributed by atoms with Crippen LogP contribution in [0.25, 0.3) is 0 Å². The molecule has 1 fully saturated rings. The Morgan fingerprint density at radius 3 is 3.17 bits per heavy atom. The Bertz CT molecular complexity index is 481. The second-order valence-electron chi connectivity index (χ2n) is 4.24. The van der Waals surface area contributed by atoms with Crippen molar-refractivity contribution in [2.24, 2.45) is 0 Å². The Morgan fingerprint density at radius 2 is 2.44 bits per heavy atom. The molecule has 0 radical (unpaired) electrons. The van der Waals surface area contributed by atoms with Gasteiger partial charge in [-0.05, 0) is 31.4 Å². The zero-order valence-corrected chi connectivity index (χ0v) is 10.3. The summed E-state index contributed by atoms with van der Waals surface area (Å²) < 4.78 is 4.82. The summed E-state index contributed by atoms with van der Waals surface area (Å²) in [5.74, 6) is 0.433. The molecule has 1 aliphatic rings. The number of aromatic nitrogens is 1. The molecule has 0 bridgehead atoms. The van der Waals surface area contributed by atoms with Gasteiger partial charge in [0.15, 0.2) is 0 Å². The first-order valence-corrected chi connectivity index (χ1v) is 5.97. The fourth-order valence-corrected chi connectivity index (χ4v) is 2.23. The normalized spacial score (nSPS) is 19.1. The summed E-state index contributed by atoms with van der Waals surface area (Å²) >= 11 is 0. The SMILES string of the molecule is COC(=O)C1CCCCN1c1cc(C#N)ccn1. The van der Waals surface area contributed by atoms with Crippen molar-refractivity contribution in [1.82, 2.24) is 4.98 Å². The van der Waals surface area contributed by atoms with Crippen LogP contribution in [0.2, 0.25) is 0 Å². The molecule has 2 rings (SSSR count). The maximum absolute atomic E-state index is 11.7. The van der Waals surface area contributed by atoms with Crippen LogP contribution in [0.15, 0.2) is 18.3 Å². The molecule has 0 aromatic carbocycles. The van der Waals surface area contributed by atoms with Crippen molar-refractivity contribution in [1.29, 1.82) is 5.26 Å². The highest BCUT2D eigenvalue weighted by atomic mass is 16.5. The number of ether oxygens (including phenoxy) is 1. The van der Waals surface area contributed by atoms with Gasteiger partial charge in [-0.1, -0.05) is 0 Å². The maximum Gasteiger partial charge on any atom is 0.328 e. The van der Waals surface area contributed by atoms with Crippen LogP contribution in [0.5, 0.6) is 0 Å². The minimum absolute atomic E-state index is 0.237. The van der Waals surface area contributed by atoms with E-state index in [9.17, 15) is 4.79 Å². The van der Waals surface area contributed by atoms with Gasteiger partial charge in [-0.25, -0.2) is 9.78 Å². The van der Waals surface area contributed by atoms with E-state index in [-0.39, 0.29) is 12.0 Å². The molecule has 18 heavy (non-hydrogen) atoms. The molecule has 1 unspecified atom stereocenters. The molecule has 1 saturated heterocycles. The largest absolute Gasteiger partial charge is 0.467 e. The summed E-state index contributed by atoms with van der Waals surface area (Å²) in [4.78, 5) is 17.9. The highest BCUT2D eigenvalue weighted by molar-refractivity contribution is 5.79. The van der Waals surface area contributed by atoms with Crippen molar-refractivity contribution in [3.05, 3.63) is 23.9 Å². The van der Waals surface area contributed by atoms with Crippen LogP contribution in [0, 0.1) is 11.3 Å². The third-order valence-electron chi connectivity index (χ3n) is 3.14. The minimum Gasteiger partial charge on any atom is -0.467 e. The lowest BCUT2D eigenvalue weighted by Crippen LogP contribution is -2.45. The van der Waals surface area contributed by atoms with Crippen LogP contribution in [0.4, 0.5) is 5.82 Å². The van der Waals surface area contributed by atoms with Crippen LogP contribution in [0.1, 0.15) is 24.8 Å². The third kappa shape index (κ3) is 2.43. The number of hydrogen-bond donors (Lipinski definition) is 0. The lowest BCUT2D eigenvalue weighted by molar-refractivity contribution is -0.142. The number of methoxy groups -OCH3 is 1. The van der Waals surface area contributed by atoms with Crippen LogP contribution in [0.3, 0.4) is 0 Å². The Morgan fingerprint density at radius 1 is 1.61 bits per heavy atom. The fraction of sp³-hybridized carbons (Fsp3) is 0.462. The lowest BCUT2D eigenvalue weighted by atomic mass is 10.0. The molecule has 1 atom stereocenters. The zero-order chi connectivity index (χ0) is 13.0. The van der Waals surface area contributed by atoms with Crippen molar-refractivity contribution in [2.75, 3.05) is 18.6 Å². The predicted octanol–water partition coefficient (Wildman–Crippen LogP) is 1.49. The van der Waals surface area contributed by atoms with Gasteiger partial charge >= 0.3 is 5.97 Å². The predicted molar refractivity (Wildman–Crippen MR) is 66.0 cm³/mol. The van der Waals surface area contributed by atoms with E-state index in [1.54, 1.807) is 18.3 Å². The molecular formula is C13H15N3O2. The van der Waals surface area contributed by atoms with Crippen LogP contribution < -0.4 is 4.90 Å². The quantitative estimate of drug-likeness (QED) is 0.738. The van der Waals surface area contributed by atoms with E-state index in [0.717, 1.165) is 25.8 Å². The van der Waals surface area contributed by atoms with E-state index >= 15 is 0 Å². The molecule has 1 aliphatic heterocycles. The Hall–Kier alpha value is -2.09. The van der Waals surface area contributed by atoms with Crippen molar-refractivity contribution < 1.29 is 9.53 Å². The van der Waals surface area contributed by atoms with Crippen LogP contribution in [-0.2, 0) is 9.53 Å². The number of hydrogen-bond acceptors (Lipinski definition) is 5. The zero-order valence-electron chi connectivity index (χ0n) is 10.3. The monoisotopic (exact) mass is 245 g/mol. The summed E-state index contributed by atoms with van der Waals surface area (Å²) in [5, 5.41) is 8.89. The molecule has 0 aliphatic carbocycles. The first kappa shape index (κ1) is 12.4. The number of nitrogens with zero attached hydrogens (tertiary/aromatic N) is 3. The average molecular weight is 245 g/mol. The van der Waals surface area contributed by atoms with E-state index in [1.807, 2.05) is 4.90 Å². The number of carbonyl (C=O) groups is 1. The second kappa shape index (κ2) is 5.50. The highest BCUT2D eigenvalue weighted by Gasteiger charge is 2.30. The number of esters is 1. The van der Waals surface area contributed by atoms with Gasteiger partial charge in [-0.2, -0.15) is 5.26 Å². The molecule has 1 aromatic rings. The van der Waals surface area contributed by atoms with Gasteiger partial charge < -0.3 is 9.64 Å². The van der Waals surface area contributed by atoms with E-state index in [4.69, 9.17) is 10.00 Å². The smallest absolute Gasteiger partial charge is 0.328 e. The fourth-order valence-electron chi connectivity index (χ4n) is 2.23. The molecule has 1 aromatic heterocycles. The van der Waals surface area contributed by atoms with Crippen LogP contribution >= 0.6 is 0 Å². The van der Waals surface area contributed by atoms with Crippen molar-refractivity contribution >= 4 is 11.8 Å². The van der Waals surface area contributed by atoms with E-state index < -0.39 is 0 Å². The van der Waals surface area contributed by atoms with Crippen molar-refractivity contribution in [3.63, 3.8) is 0 Å². The van der Waals surface area contributed by atoms with Gasteiger partial charge in [0.05, 0.1) is 18.7 Å². The molecule has 2 heterocycles. The molecule has 0 N–H and O–H groups in total. The Balaban J connectivity index is 2.28. The first-order chi connectivity index (χ1) is 8.76. The van der Waals surface area contributed by atoms with E-state index in [2.05, 4.69) is 11.1 Å². The van der Waals surface area contributed by atoms with Gasteiger partial charge in [0.2, 0.25) is 0 Å². The van der Waals surface area contributed by atoms with Gasteiger partial charge in [0.1, 0.15) is 11.9 Å². The average Bonchev–Trinajstić information content (AvgIpc) is 2.46. The van der Waals surface area contributed by atoms with Gasteiger partial charge in [0.25, 0.3) is 0 Å². The molecule has 5 heteroatoms. The number of anilines is 1. The number of pyridine rings is 1. The topological polar surface area (TPSA) is 66.2 Å². The van der Waals surface area contributed by atoms with Crippen molar-refractivity contribution in [2.45, 2.75) is 25.3 Å². The third-order valence-corrected chi connectivity index (χ3v) is 3.14. The molecule has 0 saturated carbocycles. The summed E-state index contributed by atoms with van der Waals surface area (Å²) in [6.07, 6.45) is 4.39. The number of carbonyl (C=O) groups excluding carboxylic acids is 1. The standard InChI is InChI=1S/C13H15N3O2/c1-18-13(17)11-4-2-3-7-16(11)12-8-10(9-14)5-6-15-12/h5-6,8,11H,2-4,7H2,1H3. The second-order valence-corrected chi connectivity index (χ2v) is 4.24. The molecule has 0 spiro atoms. The van der Waals surface area contributed by atoms with Crippen LogP contribution in [-0.4, -0.2) is 30.6 Å². The molecule has 94 valence electrons. The number of rotatable bonds is 2.